The zero-order valence-corrected chi connectivity index (χ0v) is 12.7. The van der Waals surface area contributed by atoms with Crippen LogP contribution in [0.25, 0.3) is 0 Å². The quantitative estimate of drug-likeness (QED) is 0.850. The average molecular weight is 276 g/mol. The number of hydrogen-bond donors (Lipinski definition) is 0. The van der Waals surface area contributed by atoms with Gasteiger partial charge in [-0.25, -0.2) is 4.98 Å². The third-order valence-electron chi connectivity index (χ3n) is 5.24. The molecule has 110 valence electrons. The Hall–Kier alpha value is -1.29. The Bertz CT molecular complexity index is 487. The monoisotopic (exact) mass is 276 g/mol. The number of methoxy groups -OCH3 is 2. The molecule has 1 aromatic heterocycles. The van der Waals surface area contributed by atoms with Gasteiger partial charge in [-0.05, 0) is 44.5 Å². The Morgan fingerprint density at radius 1 is 1.25 bits per heavy atom. The van der Waals surface area contributed by atoms with Crippen LogP contribution >= 0.6 is 0 Å². The van der Waals surface area contributed by atoms with Crippen LogP contribution in [0.5, 0.6) is 11.6 Å². The van der Waals surface area contributed by atoms with Crippen molar-refractivity contribution in [3.05, 3.63) is 17.8 Å². The number of hydrogen-bond acceptors (Lipinski definition) is 4. The van der Waals surface area contributed by atoms with E-state index in [-0.39, 0.29) is 5.41 Å². The number of likely N-dealkylation sites (tertiary alicyclic amines) is 1. The second-order valence-corrected chi connectivity index (χ2v) is 6.08. The minimum atomic E-state index is 0.263. The van der Waals surface area contributed by atoms with Crippen LogP contribution in [0, 0.1) is 0 Å². The van der Waals surface area contributed by atoms with Crippen molar-refractivity contribution in [2.75, 3.05) is 27.8 Å². The van der Waals surface area contributed by atoms with Gasteiger partial charge in [-0.15, -0.1) is 0 Å². The van der Waals surface area contributed by atoms with Crippen molar-refractivity contribution in [3.63, 3.8) is 0 Å². The summed E-state index contributed by atoms with van der Waals surface area (Å²) in [4.78, 5) is 6.98. The maximum atomic E-state index is 5.44. The lowest BCUT2D eigenvalue weighted by Gasteiger charge is -2.41. The number of rotatable bonds is 3. The zero-order valence-electron chi connectivity index (χ0n) is 12.7. The molecule has 3 rings (SSSR count). The molecule has 1 aliphatic carbocycles. The van der Waals surface area contributed by atoms with E-state index in [1.54, 1.807) is 14.2 Å². The van der Waals surface area contributed by atoms with Gasteiger partial charge in [0.05, 0.1) is 14.2 Å². The van der Waals surface area contributed by atoms with Crippen molar-refractivity contribution in [1.29, 1.82) is 0 Å². The first-order valence-electron chi connectivity index (χ1n) is 7.50. The van der Waals surface area contributed by atoms with Crippen LogP contribution in [-0.2, 0) is 5.41 Å². The van der Waals surface area contributed by atoms with E-state index in [0.717, 1.165) is 5.75 Å². The van der Waals surface area contributed by atoms with Crippen molar-refractivity contribution >= 4 is 0 Å². The highest BCUT2D eigenvalue weighted by molar-refractivity contribution is 5.41. The van der Waals surface area contributed by atoms with Gasteiger partial charge >= 0.3 is 0 Å². The van der Waals surface area contributed by atoms with E-state index in [9.17, 15) is 0 Å². The molecule has 1 saturated heterocycles. The molecule has 2 aliphatic rings. The number of likely N-dealkylation sites (N-methyl/N-ethyl adjacent to an activating group) is 1. The molecule has 2 heterocycles. The van der Waals surface area contributed by atoms with E-state index in [1.807, 2.05) is 6.20 Å². The molecule has 0 radical (unpaired) electrons. The van der Waals surface area contributed by atoms with Crippen LogP contribution in [0.2, 0.25) is 0 Å². The Kier molecular flexibility index (Phi) is 3.59. The minimum absolute atomic E-state index is 0.263. The van der Waals surface area contributed by atoms with Crippen molar-refractivity contribution in [2.45, 2.75) is 43.6 Å². The van der Waals surface area contributed by atoms with Crippen LogP contribution in [0.3, 0.4) is 0 Å². The molecule has 0 unspecified atom stereocenters. The molecule has 2 atom stereocenters. The van der Waals surface area contributed by atoms with Gasteiger partial charge in [-0.2, -0.15) is 0 Å². The Balaban J connectivity index is 2.02. The summed E-state index contributed by atoms with van der Waals surface area (Å²) >= 11 is 0. The second kappa shape index (κ2) is 5.24. The summed E-state index contributed by atoms with van der Waals surface area (Å²) < 4.78 is 10.7. The second-order valence-electron chi connectivity index (χ2n) is 6.08. The molecule has 1 aliphatic heterocycles. The van der Waals surface area contributed by atoms with Crippen molar-refractivity contribution < 1.29 is 9.47 Å². The molecule has 4 nitrogen and oxygen atoms in total. The molecule has 0 aromatic carbocycles. The topological polar surface area (TPSA) is 34.6 Å². The van der Waals surface area contributed by atoms with Gasteiger partial charge in [0.15, 0.2) is 5.75 Å². The van der Waals surface area contributed by atoms with Crippen molar-refractivity contribution in [3.8, 4) is 11.6 Å². The van der Waals surface area contributed by atoms with Gasteiger partial charge in [0, 0.05) is 17.7 Å². The average Bonchev–Trinajstić information content (AvgIpc) is 2.85. The Morgan fingerprint density at radius 2 is 2.10 bits per heavy atom. The first-order valence-corrected chi connectivity index (χ1v) is 7.50. The molecule has 0 N–H and O–H groups in total. The normalized spacial score (nSPS) is 30.1. The predicted molar refractivity (Wildman–Crippen MR) is 78.5 cm³/mol. The summed E-state index contributed by atoms with van der Waals surface area (Å²) in [5, 5.41) is 0. The third-order valence-corrected chi connectivity index (χ3v) is 5.24. The Labute approximate surface area is 121 Å². The lowest BCUT2D eigenvalue weighted by molar-refractivity contribution is 0.181. The van der Waals surface area contributed by atoms with Crippen LogP contribution in [-0.4, -0.2) is 43.7 Å². The maximum absolute atomic E-state index is 5.44. The fourth-order valence-electron chi connectivity index (χ4n) is 4.17. The molecule has 2 fully saturated rings. The first-order chi connectivity index (χ1) is 9.71. The third kappa shape index (κ3) is 1.97. The van der Waals surface area contributed by atoms with E-state index in [2.05, 4.69) is 23.0 Å². The van der Waals surface area contributed by atoms with E-state index in [0.29, 0.717) is 11.9 Å². The largest absolute Gasteiger partial charge is 0.491 e. The fraction of sp³-hybridized carbons (Fsp3) is 0.688. The molecular formula is C16H24N2O2. The van der Waals surface area contributed by atoms with Gasteiger partial charge in [-0.3, -0.25) is 0 Å². The Morgan fingerprint density at radius 3 is 2.85 bits per heavy atom. The lowest BCUT2D eigenvalue weighted by Crippen LogP contribution is -2.43. The minimum Gasteiger partial charge on any atom is -0.491 e. The number of pyridine rings is 1. The highest BCUT2D eigenvalue weighted by Crippen LogP contribution is 2.49. The number of fused-ring (bicyclic) bond motifs is 1. The molecule has 0 bridgehead atoms. The summed E-state index contributed by atoms with van der Waals surface area (Å²) in [7, 11) is 5.57. The molecular weight excluding hydrogens is 252 g/mol. The molecule has 0 spiro atoms. The van der Waals surface area contributed by atoms with E-state index < -0.39 is 0 Å². The highest BCUT2D eigenvalue weighted by atomic mass is 16.5. The van der Waals surface area contributed by atoms with E-state index in [4.69, 9.17) is 9.47 Å². The fourth-order valence-corrected chi connectivity index (χ4v) is 4.17. The van der Waals surface area contributed by atoms with Crippen LogP contribution < -0.4 is 9.47 Å². The summed E-state index contributed by atoms with van der Waals surface area (Å²) in [6, 6.07) is 2.79. The van der Waals surface area contributed by atoms with E-state index >= 15 is 0 Å². The van der Waals surface area contributed by atoms with Crippen molar-refractivity contribution in [2.24, 2.45) is 0 Å². The lowest BCUT2D eigenvalue weighted by atomic mass is 9.66. The number of aromatic nitrogens is 1. The SMILES string of the molecule is COc1cc([C@@]23CCCC[C@@H]2N(C)CC3)cnc1OC. The molecule has 1 aromatic rings. The summed E-state index contributed by atoms with van der Waals surface area (Å²) in [5.74, 6) is 1.32. The van der Waals surface area contributed by atoms with Crippen molar-refractivity contribution in [1.82, 2.24) is 9.88 Å². The standard InChI is InChI=1S/C16H24N2O2/c1-18-9-8-16(7-5-4-6-14(16)18)12-10-13(19-2)15(20-3)17-11-12/h10-11,14H,4-9H2,1-3H3/t14-,16-/m0/s1. The first kappa shape index (κ1) is 13.7. The van der Waals surface area contributed by atoms with Crippen LogP contribution in [0.15, 0.2) is 12.3 Å². The number of ether oxygens (including phenoxy) is 2. The summed E-state index contributed by atoms with van der Waals surface area (Å²) in [5.41, 5.74) is 1.59. The highest BCUT2D eigenvalue weighted by Gasteiger charge is 2.48. The maximum Gasteiger partial charge on any atom is 0.256 e. The molecule has 4 heteroatoms. The van der Waals surface area contributed by atoms with Crippen LogP contribution in [0.4, 0.5) is 0 Å². The molecule has 0 amide bonds. The van der Waals surface area contributed by atoms with E-state index in [1.165, 1.54) is 44.2 Å². The smallest absolute Gasteiger partial charge is 0.256 e. The van der Waals surface area contributed by atoms with Gasteiger partial charge in [0.25, 0.3) is 5.88 Å². The van der Waals surface area contributed by atoms with Gasteiger partial charge in [-0.1, -0.05) is 12.8 Å². The van der Waals surface area contributed by atoms with Gasteiger partial charge in [0.1, 0.15) is 0 Å². The predicted octanol–water partition coefficient (Wildman–Crippen LogP) is 2.61. The van der Waals surface area contributed by atoms with Gasteiger partial charge < -0.3 is 14.4 Å². The zero-order chi connectivity index (χ0) is 14.2. The summed E-state index contributed by atoms with van der Waals surface area (Å²) in [6.45, 7) is 1.18. The molecule has 1 saturated carbocycles. The van der Waals surface area contributed by atoms with Gasteiger partial charge in [0.2, 0.25) is 0 Å². The summed E-state index contributed by atoms with van der Waals surface area (Å²) in [6.07, 6.45) is 8.45. The number of nitrogens with zero attached hydrogens (tertiary/aromatic N) is 2. The molecule has 20 heavy (non-hydrogen) atoms. The van der Waals surface area contributed by atoms with Crippen LogP contribution in [0.1, 0.15) is 37.7 Å².